The van der Waals surface area contributed by atoms with E-state index in [9.17, 15) is 9.59 Å². The molecule has 2 heterocycles. The average Bonchev–Trinajstić information content (AvgIpc) is 2.80. The van der Waals surface area contributed by atoms with Crippen LogP contribution in [0.5, 0.6) is 11.5 Å². The maximum atomic E-state index is 13.3. The lowest BCUT2D eigenvalue weighted by Crippen LogP contribution is -2.49. The first-order valence-corrected chi connectivity index (χ1v) is 12.8. The molecule has 4 fully saturated rings. The third-order valence-electron chi connectivity index (χ3n) is 8.88. The van der Waals surface area contributed by atoms with Gasteiger partial charge in [0.2, 0.25) is 0 Å². The number of hydrogen-bond acceptors (Lipinski definition) is 4. The predicted octanol–water partition coefficient (Wildman–Crippen LogP) is 4.11. The number of amides is 1. The predicted molar refractivity (Wildman–Crippen MR) is 129 cm³/mol. The number of benzene rings is 1. The highest BCUT2D eigenvalue weighted by atomic mass is 16.6. The van der Waals surface area contributed by atoms with Gasteiger partial charge in [0.1, 0.15) is 12.2 Å². The van der Waals surface area contributed by atoms with E-state index in [-0.39, 0.29) is 23.0 Å². The van der Waals surface area contributed by atoms with Gasteiger partial charge < -0.3 is 19.4 Å². The molecule has 5 aliphatic rings. The van der Waals surface area contributed by atoms with Crippen molar-refractivity contribution >= 4 is 5.91 Å². The van der Waals surface area contributed by atoms with Crippen molar-refractivity contribution in [1.82, 2.24) is 9.88 Å². The van der Waals surface area contributed by atoms with Gasteiger partial charge in [0, 0.05) is 24.0 Å². The quantitative estimate of drug-likeness (QED) is 0.726. The number of ether oxygens (including phenoxy) is 2. The van der Waals surface area contributed by atoms with E-state index in [0.29, 0.717) is 31.3 Å². The molecule has 0 spiro atoms. The zero-order valence-corrected chi connectivity index (χ0v) is 20.1. The second-order valence-corrected chi connectivity index (χ2v) is 11.0. The Kier molecular flexibility index (Phi) is 5.42. The van der Waals surface area contributed by atoms with Crippen molar-refractivity contribution in [3.63, 3.8) is 0 Å². The van der Waals surface area contributed by atoms with Crippen molar-refractivity contribution in [1.29, 1.82) is 0 Å². The number of carbonyl (C=O) groups is 1. The normalized spacial score (nSPS) is 30.9. The molecule has 4 aliphatic carbocycles. The van der Waals surface area contributed by atoms with Crippen molar-refractivity contribution in [2.24, 2.45) is 29.6 Å². The van der Waals surface area contributed by atoms with Gasteiger partial charge in [-0.15, -0.1) is 0 Å². The van der Waals surface area contributed by atoms with Crippen LogP contribution in [-0.2, 0) is 6.54 Å². The molecule has 1 aromatic carbocycles. The summed E-state index contributed by atoms with van der Waals surface area (Å²) >= 11 is 0. The largest absolute Gasteiger partial charge is 0.486 e. The number of carbonyl (C=O) groups excluding carboxylic acids is 1. The van der Waals surface area contributed by atoms with Crippen LogP contribution in [0.4, 0.5) is 0 Å². The number of rotatable bonds is 5. The van der Waals surface area contributed by atoms with E-state index in [1.54, 1.807) is 6.07 Å². The summed E-state index contributed by atoms with van der Waals surface area (Å²) in [5.41, 5.74) is 1.56. The summed E-state index contributed by atoms with van der Waals surface area (Å²) in [6, 6.07) is 9.21. The molecule has 34 heavy (non-hydrogen) atoms. The number of fused-ring (bicyclic) bond motifs is 1. The van der Waals surface area contributed by atoms with E-state index in [0.717, 1.165) is 40.9 Å². The van der Waals surface area contributed by atoms with Gasteiger partial charge in [-0.05, 0) is 87.7 Å². The number of nitrogens with zero attached hydrogens (tertiary/aromatic N) is 1. The Bertz CT molecular complexity index is 1140. The highest BCUT2D eigenvalue weighted by Crippen LogP contribution is 2.56. The number of nitrogens with one attached hydrogen (secondary N) is 1. The molecule has 6 heteroatoms. The third-order valence-corrected chi connectivity index (χ3v) is 8.88. The molecule has 4 saturated carbocycles. The van der Waals surface area contributed by atoms with Crippen molar-refractivity contribution in [3.8, 4) is 11.5 Å². The second-order valence-electron chi connectivity index (χ2n) is 11.0. The number of hydrogen-bond donors (Lipinski definition) is 1. The first-order valence-electron chi connectivity index (χ1n) is 12.8. The Labute approximate surface area is 200 Å². The molecule has 6 nitrogen and oxygen atoms in total. The molecule has 7 rings (SSSR count). The SMILES string of the molecule is Cc1cc(=O)c(C(=O)NCC2C3CC4CC(C3)CC2C4)c(C)n1C[C@H]1COc2ccccc2O1. The fraction of sp³-hybridized carbons (Fsp3) is 0.571. The lowest BCUT2D eigenvalue weighted by molar-refractivity contribution is -0.0347. The summed E-state index contributed by atoms with van der Waals surface area (Å²) in [6.07, 6.45) is 6.55. The van der Waals surface area contributed by atoms with E-state index >= 15 is 0 Å². The highest BCUT2D eigenvalue weighted by Gasteiger charge is 2.48. The summed E-state index contributed by atoms with van der Waals surface area (Å²) < 4.78 is 14.0. The molecule has 0 radical (unpaired) electrons. The number of para-hydroxylation sites is 2. The van der Waals surface area contributed by atoms with E-state index in [4.69, 9.17) is 9.47 Å². The Morgan fingerprint density at radius 1 is 1.03 bits per heavy atom. The Balaban J connectivity index is 1.17. The van der Waals surface area contributed by atoms with Crippen LogP contribution in [-0.4, -0.2) is 29.7 Å². The zero-order valence-electron chi connectivity index (χ0n) is 20.1. The van der Waals surface area contributed by atoms with Gasteiger partial charge in [-0.25, -0.2) is 0 Å². The molecule has 2 aromatic rings. The second kappa shape index (κ2) is 8.47. The molecule has 1 amide bonds. The van der Waals surface area contributed by atoms with Gasteiger partial charge in [-0.2, -0.15) is 0 Å². The van der Waals surface area contributed by atoms with Crippen LogP contribution >= 0.6 is 0 Å². The molecular formula is C28H34N2O4. The zero-order chi connectivity index (χ0) is 23.4. The van der Waals surface area contributed by atoms with Crippen LogP contribution < -0.4 is 20.2 Å². The molecule has 0 unspecified atom stereocenters. The van der Waals surface area contributed by atoms with Gasteiger partial charge >= 0.3 is 0 Å². The van der Waals surface area contributed by atoms with E-state index in [1.165, 1.54) is 32.1 Å². The van der Waals surface area contributed by atoms with E-state index in [2.05, 4.69) is 5.32 Å². The van der Waals surface area contributed by atoms with Crippen LogP contribution in [0.3, 0.4) is 0 Å². The first kappa shape index (κ1) is 21.8. The maximum Gasteiger partial charge on any atom is 0.257 e. The smallest absolute Gasteiger partial charge is 0.257 e. The molecular weight excluding hydrogens is 428 g/mol. The van der Waals surface area contributed by atoms with Crippen LogP contribution in [0.1, 0.15) is 53.8 Å². The number of aromatic nitrogens is 1. The lowest BCUT2D eigenvalue weighted by atomic mass is 9.52. The van der Waals surface area contributed by atoms with Gasteiger partial charge in [0.25, 0.3) is 5.91 Å². The average molecular weight is 463 g/mol. The van der Waals surface area contributed by atoms with E-state index in [1.807, 2.05) is 42.7 Å². The monoisotopic (exact) mass is 462 g/mol. The maximum absolute atomic E-state index is 13.3. The van der Waals surface area contributed by atoms with Crippen LogP contribution in [0.25, 0.3) is 0 Å². The molecule has 1 N–H and O–H groups in total. The summed E-state index contributed by atoms with van der Waals surface area (Å²) in [5, 5.41) is 3.16. The Hall–Kier alpha value is -2.76. The third kappa shape index (κ3) is 3.81. The number of pyridine rings is 1. The minimum Gasteiger partial charge on any atom is -0.486 e. The van der Waals surface area contributed by atoms with Crippen LogP contribution in [0.2, 0.25) is 0 Å². The van der Waals surface area contributed by atoms with Gasteiger partial charge in [-0.1, -0.05) is 12.1 Å². The minimum absolute atomic E-state index is 0.196. The van der Waals surface area contributed by atoms with Crippen molar-refractivity contribution in [3.05, 3.63) is 57.5 Å². The molecule has 1 aliphatic heterocycles. The van der Waals surface area contributed by atoms with Gasteiger partial charge in [0.15, 0.2) is 23.0 Å². The molecule has 0 saturated heterocycles. The van der Waals surface area contributed by atoms with Crippen LogP contribution in [0, 0.1) is 43.4 Å². The Morgan fingerprint density at radius 2 is 1.71 bits per heavy atom. The Morgan fingerprint density at radius 3 is 2.41 bits per heavy atom. The van der Waals surface area contributed by atoms with Gasteiger partial charge in [0.05, 0.1) is 6.54 Å². The fourth-order valence-electron chi connectivity index (χ4n) is 7.50. The van der Waals surface area contributed by atoms with Gasteiger partial charge in [-0.3, -0.25) is 9.59 Å². The summed E-state index contributed by atoms with van der Waals surface area (Å²) in [5.74, 6) is 5.13. The standard InChI is InChI=1S/C28H34N2O4/c1-16-7-24(31)27(17(2)30(16)14-22-15-33-25-5-3-4-6-26(25)34-22)28(32)29-13-23-20-9-18-8-19(11-20)12-21(23)10-18/h3-7,18-23H,8-15H2,1-2H3,(H,29,32)/t18?,19?,20?,21?,22-,23?/m0/s1. The lowest BCUT2D eigenvalue weighted by Gasteiger charge is -2.54. The van der Waals surface area contributed by atoms with Crippen molar-refractivity contribution < 1.29 is 14.3 Å². The van der Waals surface area contributed by atoms with Crippen LogP contribution in [0.15, 0.2) is 35.1 Å². The number of aryl methyl sites for hydroxylation is 1. The topological polar surface area (TPSA) is 69.6 Å². The summed E-state index contributed by atoms with van der Waals surface area (Å²) in [7, 11) is 0. The molecule has 180 valence electrons. The highest BCUT2D eigenvalue weighted by molar-refractivity contribution is 5.95. The molecule has 1 atom stereocenters. The molecule has 1 aromatic heterocycles. The fourth-order valence-corrected chi connectivity index (χ4v) is 7.50. The minimum atomic E-state index is -0.240. The summed E-state index contributed by atoms with van der Waals surface area (Å²) in [6.45, 7) is 5.40. The first-order chi connectivity index (χ1) is 16.5. The van der Waals surface area contributed by atoms with Crippen molar-refractivity contribution in [2.45, 2.75) is 58.6 Å². The van der Waals surface area contributed by atoms with Crippen molar-refractivity contribution in [2.75, 3.05) is 13.2 Å². The summed E-state index contributed by atoms with van der Waals surface area (Å²) in [4.78, 5) is 26.1. The molecule has 4 bridgehead atoms. The van der Waals surface area contributed by atoms with E-state index < -0.39 is 0 Å².